The summed E-state index contributed by atoms with van der Waals surface area (Å²) in [5, 5.41) is 0. The minimum Gasteiger partial charge on any atom is -0.305 e. The van der Waals surface area contributed by atoms with Gasteiger partial charge in [0, 0.05) is 12.6 Å². The Labute approximate surface area is 83.9 Å². The van der Waals surface area contributed by atoms with Crippen LogP contribution < -0.4 is 0 Å². The van der Waals surface area contributed by atoms with E-state index in [1.807, 2.05) is 0 Å². The van der Waals surface area contributed by atoms with Crippen LogP contribution in [0.25, 0.3) is 0 Å². The molecule has 2 nitrogen and oxygen atoms in total. The van der Waals surface area contributed by atoms with Crippen LogP contribution in [0.1, 0.15) is 33.1 Å². The van der Waals surface area contributed by atoms with Crippen LogP contribution in [0.15, 0.2) is 0 Å². The number of unbranched alkanes of at least 4 members (excludes halogenated alkanes) is 1. The zero-order valence-corrected chi connectivity index (χ0v) is 10.0. The van der Waals surface area contributed by atoms with Crippen molar-refractivity contribution >= 4 is 0 Å². The molecule has 0 spiro atoms. The van der Waals surface area contributed by atoms with Crippen LogP contribution in [-0.4, -0.2) is 50.1 Å². The minimum absolute atomic E-state index is 0.727. The van der Waals surface area contributed by atoms with Gasteiger partial charge in [0.25, 0.3) is 0 Å². The summed E-state index contributed by atoms with van der Waals surface area (Å²) in [4.78, 5) is 4.74. The second-order valence-corrected chi connectivity index (χ2v) is 4.11. The maximum Gasteiger partial charge on any atom is 0.0216 e. The third-order valence-corrected chi connectivity index (χ3v) is 2.68. The number of hydrogen-bond donors (Lipinski definition) is 0. The summed E-state index contributed by atoms with van der Waals surface area (Å²) >= 11 is 0. The molecule has 0 aromatic heterocycles. The lowest BCUT2D eigenvalue weighted by molar-refractivity contribution is 0.200. The van der Waals surface area contributed by atoms with Gasteiger partial charge in [0.2, 0.25) is 0 Å². The average Bonchev–Trinajstić information content (AvgIpc) is 2.11. The lowest BCUT2D eigenvalue weighted by Crippen LogP contribution is -2.38. The smallest absolute Gasteiger partial charge is 0.0216 e. The predicted molar refractivity (Wildman–Crippen MR) is 60.2 cm³/mol. The monoisotopic (exact) mass is 186 g/mol. The quantitative estimate of drug-likeness (QED) is 0.600. The van der Waals surface area contributed by atoms with E-state index in [2.05, 4.69) is 44.8 Å². The molecule has 0 aromatic carbocycles. The van der Waals surface area contributed by atoms with Crippen molar-refractivity contribution in [3.63, 3.8) is 0 Å². The summed E-state index contributed by atoms with van der Waals surface area (Å²) in [5.74, 6) is 0. The number of hydrogen-bond acceptors (Lipinski definition) is 2. The van der Waals surface area contributed by atoms with Crippen molar-refractivity contribution in [3.8, 4) is 0 Å². The molecule has 0 heterocycles. The molecule has 0 aliphatic rings. The molecular formula is C11H26N2. The molecule has 2 heteroatoms. The first kappa shape index (κ1) is 12.9. The molecule has 0 aliphatic carbocycles. The van der Waals surface area contributed by atoms with Gasteiger partial charge in [-0.3, -0.25) is 0 Å². The standard InChI is InChI=1S/C11H26N2/c1-6-8-9-11(12(3)4)10-13(5)7-2/h11H,6-10H2,1-5H3/t11-/m1/s1. The van der Waals surface area contributed by atoms with Crippen LogP contribution in [0.4, 0.5) is 0 Å². The number of nitrogens with zero attached hydrogens (tertiary/aromatic N) is 2. The summed E-state index contributed by atoms with van der Waals surface area (Å²) in [6.45, 7) is 6.82. The second kappa shape index (κ2) is 7.34. The highest BCUT2D eigenvalue weighted by Gasteiger charge is 2.11. The lowest BCUT2D eigenvalue weighted by atomic mass is 10.1. The Hall–Kier alpha value is -0.0800. The SMILES string of the molecule is CCCC[C@H](CN(C)CC)N(C)C. The molecule has 0 saturated carbocycles. The minimum atomic E-state index is 0.727. The molecule has 0 bridgehead atoms. The first-order valence-electron chi connectivity index (χ1n) is 5.46. The van der Waals surface area contributed by atoms with Gasteiger partial charge in [-0.05, 0) is 34.1 Å². The van der Waals surface area contributed by atoms with E-state index in [9.17, 15) is 0 Å². The Balaban J connectivity index is 3.79. The van der Waals surface area contributed by atoms with Crippen molar-refractivity contribution in [1.82, 2.24) is 9.80 Å². The maximum absolute atomic E-state index is 2.39. The van der Waals surface area contributed by atoms with E-state index in [1.54, 1.807) is 0 Å². The van der Waals surface area contributed by atoms with E-state index in [1.165, 1.54) is 25.8 Å². The van der Waals surface area contributed by atoms with E-state index >= 15 is 0 Å². The van der Waals surface area contributed by atoms with Gasteiger partial charge >= 0.3 is 0 Å². The van der Waals surface area contributed by atoms with Gasteiger partial charge in [-0.2, -0.15) is 0 Å². The van der Waals surface area contributed by atoms with Crippen LogP contribution in [-0.2, 0) is 0 Å². The lowest BCUT2D eigenvalue weighted by Gasteiger charge is -2.28. The van der Waals surface area contributed by atoms with Gasteiger partial charge in [0.15, 0.2) is 0 Å². The fourth-order valence-corrected chi connectivity index (χ4v) is 1.44. The van der Waals surface area contributed by atoms with Crippen LogP contribution in [0.5, 0.6) is 0 Å². The predicted octanol–water partition coefficient (Wildman–Crippen LogP) is 2.06. The fourth-order valence-electron chi connectivity index (χ4n) is 1.44. The van der Waals surface area contributed by atoms with Crippen molar-refractivity contribution in [1.29, 1.82) is 0 Å². The van der Waals surface area contributed by atoms with Crippen LogP contribution in [0, 0.1) is 0 Å². The van der Waals surface area contributed by atoms with Gasteiger partial charge in [-0.15, -0.1) is 0 Å². The molecular weight excluding hydrogens is 160 g/mol. The molecule has 0 aliphatic heterocycles. The summed E-state index contributed by atoms with van der Waals surface area (Å²) < 4.78 is 0. The number of likely N-dealkylation sites (N-methyl/N-ethyl adjacent to an activating group) is 2. The first-order valence-corrected chi connectivity index (χ1v) is 5.46. The van der Waals surface area contributed by atoms with E-state index in [4.69, 9.17) is 0 Å². The van der Waals surface area contributed by atoms with Crippen LogP contribution in [0.2, 0.25) is 0 Å². The summed E-state index contributed by atoms with van der Waals surface area (Å²) in [6.07, 6.45) is 3.98. The zero-order valence-electron chi connectivity index (χ0n) is 10.0. The molecule has 0 unspecified atom stereocenters. The zero-order chi connectivity index (χ0) is 10.3. The molecule has 0 aromatic rings. The highest BCUT2D eigenvalue weighted by molar-refractivity contribution is 4.69. The normalized spacial score (nSPS) is 14.1. The Morgan fingerprint density at radius 3 is 2.08 bits per heavy atom. The highest BCUT2D eigenvalue weighted by Crippen LogP contribution is 2.06. The van der Waals surface area contributed by atoms with E-state index < -0.39 is 0 Å². The Morgan fingerprint density at radius 2 is 1.69 bits per heavy atom. The van der Waals surface area contributed by atoms with Gasteiger partial charge in [0.1, 0.15) is 0 Å². The van der Waals surface area contributed by atoms with E-state index in [-0.39, 0.29) is 0 Å². The molecule has 0 radical (unpaired) electrons. The second-order valence-electron chi connectivity index (χ2n) is 4.11. The Kier molecular flexibility index (Phi) is 7.29. The molecule has 80 valence electrons. The van der Waals surface area contributed by atoms with Gasteiger partial charge in [-0.25, -0.2) is 0 Å². The summed E-state index contributed by atoms with van der Waals surface area (Å²) in [5.41, 5.74) is 0. The first-order chi connectivity index (χ1) is 6.11. The molecule has 0 rings (SSSR count). The van der Waals surface area contributed by atoms with Gasteiger partial charge in [0.05, 0.1) is 0 Å². The van der Waals surface area contributed by atoms with Gasteiger partial charge < -0.3 is 9.80 Å². The van der Waals surface area contributed by atoms with Crippen molar-refractivity contribution < 1.29 is 0 Å². The topological polar surface area (TPSA) is 6.48 Å². The molecule has 0 fully saturated rings. The Bertz CT molecular complexity index is 113. The summed E-state index contributed by atoms with van der Waals surface area (Å²) in [7, 11) is 6.57. The van der Waals surface area contributed by atoms with Crippen molar-refractivity contribution in [3.05, 3.63) is 0 Å². The molecule has 0 amide bonds. The van der Waals surface area contributed by atoms with Gasteiger partial charge in [-0.1, -0.05) is 26.7 Å². The van der Waals surface area contributed by atoms with Crippen LogP contribution >= 0.6 is 0 Å². The largest absolute Gasteiger partial charge is 0.305 e. The fraction of sp³-hybridized carbons (Fsp3) is 1.00. The summed E-state index contributed by atoms with van der Waals surface area (Å²) in [6, 6.07) is 0.727. The third kappa shape index (κ3) is 6.05. The molecule has 0 N–H and O–H groups in total. The third-order valence-electron chi connectivity index (χ3n) is 2.68. The molecule has 1 atom stereocenters. The molecule has 13 heavy (non-hydrogen) atoms. The van der Waals surface area contributed by atoms with E-state index in [0.29, 0.717) is 0 Å². The maximum atomic E-state index is 2.39. The average molecular weight is 186 g/mol. The van der Waals surface area contributed by atoms with Crippen molar-refractivity contribution in [2.75, 3.05) is 34.2 Å². The Morgan fingerprint density at radius 1 is 1.08 bits per heavy atom. The van der Waals surface area contributed by atoms with Crippen molar-refractivity contribution in [2.45, 2.75) is 39.2 Å². The molecule has 0 saturated heterocycles. The van der Waals surface area contributed by atoms with Crippen molar-refractivity contribution in [2.24, 2.45) is 0 Å². The van der Waals surface area contributed by atoms with E-state index in [0.717, 1.165) is 12.6 Å². The van der Waals surface area contributed by atoms with Crippen LogP contribution in [0.3, 0.4) is 0 Å². The highest BCUT2D eigenvalue weighted by atomic mass is 15.2. The number of rotatable bonds is 7.